The average Bonchev–Trinajstić information content (AvgIpc) is 2.36. The summed E-state index contributed by atoms with van der Waals surface area (Å²) in [5, 5.41) is 0. The molecular weight excluding hydrogens is 234 g/mol. The highest BCUT2D eigenvalue weighted by Crippen LogP contribution is 2.21. The highest BCUT2D eigenvalue weighted by Gasteiger charge is 2.16. The van der Waals surface area contributed by atoms with Gasteiger partial charge in [-0.1, -0.05) is 6.07 Å². The number of ether oxygens (including phenoxy) is 2. The van der Waals surface area contributed by atoms with E-state index in [0.29, 0.717) is 18.0 Å². The lowest BCUT2D eigenvalue weighted by atomic mass is 10.2. The quantitative estimate of drug-likeness (QED) is 0.746. The van der Waals surface area contributed by atoms with E-state index in [9.17, 15) is 9.59 Å². The lowest BCUT2D eigenvalue weighted by molar-refractivity contribution is -0.142. The zero-order valence-electron chi connectivity index (χ0n) is 10.8. The summed E-state index contributed by atoms with van der Waals surface area (Å²) >= 11 is 0. The first kappa shape index (κ1) is 14.0. The summed E-state index contributed by atoms with van der Waals surface area (Å²) in [7, 11) is 1.54. The highest BCUT2D eigenvalue weighted by atomic mass is 16.5. The van der Waals surface area contributed by atoms with Crippen LogP contribution in [-0.4, -0.2) is 32.1 Å². The van der Waals surface area contributed by atoms with Gasteiger partial charge in [-0.05, 0) is 19.1 Å². The minimum absolute atomic E-state index is 0.101. The van der Waals surface area contributed by atoms with Crippen LogP contribution < -0.4 is 9.64 Å². The van der Waals surface area contributed by atoms with Crippen molar-refractivity contribution in [1.82, 2.24) is 0 Å². The average molecular weight is 251 g/mol. The van der Waals surface area contributed by atoms with Crippen molar-refractivity contribution in [2.24, 2.45) is 0 Å². The molecule has 1 amide bonds. The molecule has 1 aromatic carbocycles. The topological polar surface area (TPSA) is 55.8 Å². The van der Waals surface area contributed by atoms with E-state index in [4.69, 9.17) is 9.47 Å². The van der Waals surface area contributed by atoms with Crippen LogP contribution in [0.3, 0.4) is 0 Å². The first-order valence-electron chi connectivity index (χ1n) is 5.66. The standard InChI is InChI=1S/C13H17NO4/c1-4-18-13(16)9-14(10(2)15)11-6-5-7-12(8-11)17-3/h5-8H,4,9H2,1-3H3. The van der Waals surface area contributed by atoms with E-state index in [1.165, 1.54) is 11.8 Å². The molecule has 0 heterocycles. The predicted molar refractivity (Wildman–Crippen MR) is 67.7 cm³/mol. The molecule has 0 aromatic heterocycles. The van der Waals surface area contributed by atoms with Crippen molar-refractivity contribution in [3.05, 3.63) is 24.3 Å². The van der Waals surface area contributed by atoms with E-state index in [1.807, 2.05) is 0 Å². The maximum absolute atomic E-state index is 11.6. The Labute approximate surface area is 106 Å². The van der Waals surface area contributed by atoms with Gasteiger partial charge < -0.3 is 14.4 Å². The van der Waals surface area contributed by atoms with Gasteiger partial charge in [0.15, 0.2) is 0 Å². The molecule has 0 spiro atoms. The van der Waals surface area contributed by atoms with Gasteiger partial charge in [-0.25, -0.2) is 0 Å². The number of nitrogens with zero attached hydrogens (tertiary/aromatic N) is 1. The van der Waals surface area contributed by atoms with Crippen molar-refractivity contribution >= 4 is 17.6 Å². The van der Waals surface area contributed by atoms with Gasteiger partial charge in [0, 0.05) is 18.7 Å². The molecule has 5 heteroatoms. The molecule has 0 aliphatic heterocycles. The van der Waals surface area contributed by atoms with E-state index in [2.05, 4.69) is 0 Å². The molecule has 1 rings (SSSR count). The van der Waals surface area contributed by atoms with E-state index in [0.717, 1.165) is 0 Å². The van der Waals surface area contributed by atoms with E-state index < -0.39 is 5.97 Å². The number of carbonyl (C=O) groups is 2. The Morgan fingerprint density at radius 1 is 1.33 bits per heavy atom. The van der Waals surface area contributed by atoms with Gasteiger partial charge in [0.2, 0.25) is 5.91 Å². The van der Waals surface area contributed by atoms with Crippen LogP contribution in [0.2, 0.25) is 0 Å². The number of methoxy groups -OCH3 is 1. The van der Waals surface area contributed by atoms with Gasteiger partial charge in [-0.2, -0.15) is 0 Å². The zero-order valence-corrected chi connectivity index (χ0v) is 10.8. The Kier molecular flexibility index (Phi) is 5.17. The fourth-order valence-electron chi connectivity index (χ4n) is 1.50. The van der Waals surface area contributed by atoms with Crippen LogP contribution in [0.15, 0.2) is 24.3 Å². The predicted octanol–water partition coefficient (Wildman–Crippen LogP) is 1.61. The van der Waals surface area contributed by atoms with Crippen LogP contribution in [0.4, 0.5) is 5.69 Å². The number of esters is 1. The number of anilines is 1. The van der Waals surface area contributed by atoms with Crippen molar-refractivity contribution < 1.29 is 19.1 Å². The molecule has 0 saturated carbocycles. The molecule has 0 atom stereocenters. The van der Waals surface area contributed by atoms with Crippen LogP contribution in [0.25, 0.3) is 0 Å². The summed E-state index contributed by atoms with van der Waals surface area (Å²) in [6.45, 7) is 3.32. The second kappa shape index (κ2) is 6.64. The smallest absolute Gasteiger partial charge is 0.326 e. The lowest BCUT2D eigenvalue weighted by Crippen LogP contribution is -2.34. The number of hydrogen-bond donors (Lipinski definition) is 0. The van der Waals surface area contributed by atoms with Crippen molar-refractivity contribution in [1.29, 1.82) is 0 Å². The second-order valence-electron chi connectivity index (χ2n) is 3.61. The van der Waals surface area contributed by atoms with Gasteiger partial charge in [-0.3, -0.25) is 9.59 Å². The summed E-state index contributed by atoms with van der Waals surface area (Å²) in [5.41, 5.74) is 0.606. The normalized spacial score (nSPS) is 9.72. The number of rotatable bonds is 5. The molecule has 0 fully saturated rings. The zero-order chi connectivity index (χ0) is 13.5. The summed E-state index contributed by atoms with van der Waals surface area (Å²) < 4.78 is 9.92. The number of hydrogen-bond acceptors (Lipinski definition) is 4. The van der Waals surface area contributed by atoms with Crippen LogP contribution in [0.5, 0.6) is 5.75 Å². The van der Waals surface area contributed by atoms with Crippen molar-refractivity contribution in [3.63, 3.8) is 0 Å². The maximum Gasteiger partial charge on any atom is 0.326 e. The van der Waals surface area contributed by atoms with Crippen LogP contribution in [0, 0.1) is 0 Å². The minimum atomic E-state index is -0.435. The number of amides is 1. The first-order valence-corrected chi connectivity index (χ1v) is 5.66. The lowest BCUT2D eigenvalue weighted by Gasteiger charge is -2.20. The molecule has 0 unspecified atom stereocenters. The molecule has 0 N–H and O–H groups in total. The van der Waals surface area contributed by atoms with Gasteiger partial charge in [-0.15, -0.1) is 0 Å². The maximum atomic E-state index is 11.6. The van der Waals surface area contributed by atoms with Crippen molar-refractivity contribution in [2.45, 2.75) is 13.8 Å². The number of carbonyl (C=O) groups excluding carboxylic acids is 2. The molecule has 98 valence electrons. The molecule has 0 saturated heterocycles. The molecule has 18 heavy (non-hydrogen) atoms. The Morgan fingerprint density at radius 2 is 2.06 bits per heavy atom. The van der Waals surface area contributed by atoms with Gasteiger partial charge >= 0.3 is 5.97 Å². The molecule has 0 radical (unpaired) electrons. The molecular formula is C13H17NO4. The van der Waals surface area contributed by atoms with Gasteiger partial charge in [0.05, 0.1) is 13.7 Å². The Bertz CT molecular complexity index is 431. The second-order valence-corrected chi connectivity index (χ2v) is 3.61. The third kappa shape index (κ3) is 3.76. The van der Waals surface area contributed by atoms with Gasteiger partial charge in [0.1, 0.15) is 12.3 Å². The third-order valence-electron chi connectivity index (χ3n) is 2.34. The molecule has 5 nitrogen and oxygen atoms in total. The summed E-state index contributed by atoms with van der Waals surface area (Å²) in [4.78, 5) is 24.3. The van der Waals surface area contributed by atoms with E-state index in [1.54, 1.807) is 38.3 Å². The molecule has 0 aliphatic carbocycles. The molecule has 0 aliphatic rings. The summed E-state index contributed by atoms with van der Waals surface area (Å²) in [6.07, 6.45) is 0. The molecule has 0 bridgehead atoms. The number of benzene rings is 1. The Balaban J connectivity index is 2.90. The summed E-state index contributed by atoms with van der Waals surface area (Å²) in [5.74, 6) is -0.0329. The van der Waals surface area contributed by atoms with Crippen molar-refractivity contribution in [3.8, 4) is 5.75 Å². The van der Waals surface area contributed by atoms with Crippen LogP contribution >= 0.6 is 0 Å². The third-order valence-corrected chi connectivity index (χ3v) is 2.34. The largest absolute Gasteiger partial charge is 0.497 e. The van der Waals surface area contributed by atoms with Crippen LogP contribution in [-0.2, 0) is 14.3 Å². The highest BCUT2D eigenvalue weighted by molar-refractivity contribution is 5.96. The van der Waals surface area contributed by atoms with E-state index in [-0.39, 0.29) is 12.5 Å². The fourth-order valence-corrected chi connectivity index (χ4v) is 1.50. The van der Waals surface area contributed by atoms with Crippen molar-refractivity contribution in [2.75, 3.05) is 25.2 Å². The monoisotopic (exact) mass is 251 g/mol. The van der Waals surface area contributed by atoms with Crippen LogP contribution in [0.1, 0.15) is 13.8 Å². The van der Waals surface area contributed by atoms with Gasteiger partial charge in [0.25, 0.3) is 0 Å². The fraction of sp³-hybridized carbons (Fsp3) is 0.385. The minimum Gasteiger partial charge on any atom is -0.497 e. The Morgan fingerprint density at radius 3 is 2.61 bits per heavy atom. The SMILES string of the molecule is CCOC(=O)CN(C(C)=O)c1cccc(OC)c1. The molecule has 1 aromatic rings. The summed E-state index contributed by atoms with van der Waals surface area (Å²) in [6, 6.07) is 6.96. The Hall–Kier alpha value is -2.04. The van der Waals surface area contributed by atoms with E-state index >= 15 is 0 Å². The first-order chi connectivity index (χ1) is 8.58.